The Morgan fingerprint density at radius 3 is 2.41 bits per heavy atom. The molecule has 0 aromatic heterocycles. The highest BCUT2D eigenvalue weighted by Gasteiger charge is 2.34. The molecule has 0 amide bonds. The predicted molar refractivity (Wildman–Crippen MR) is 130 cm³/mol. The number of nitrogens with one attached hydrogen (secondary N) is 1. The number of hydrogen-bond acceptors (Lipinski definition) is 3. The Morgan fingerprint density at radius 1 is 1.10 bits per heavy atom. The van der Waals surface area contributed by atoms with Crippen molar-refractivity contribution in [2.75, 3.05) is 53.1 Å². The fourth-order valence-electron chi connectivity index (χ4n) is 4.31. The zero-order valence-corrected chi connectivity index (χ0v) is 20.4. The van der Waals surface area contributed by atoms with E-state index in [1.807, 2.05) is 0 Å². The van der Waals surface area contributed by atoms with E-state index in [2.05, 4.69) is 54.5 Å². The lowest BCUT2D eigenvalue weighted by molar-refractivity contribution is 0.0529. The maximum atomic E-state index is 5.67. The van der Waals surface area contributed by atoms with Crippen LogP contribution in [0.25, 0.3) is 0 Å². The number of hydrogen-bond donors (Lipinski definition) is 1. The van der Waals surface area contributed by atoms with Crippen molar-refractivity contribution < 1.29 is 9.47 Å². The molecule has 6 heteroatoms. The zero-order chi connectivity index (χ0) is 19.7. The first-order valence-electron chi connectivity index (χ1n) is 10.9. The average Bonchev–Trinajstić information content (AvgIpc) is 2.77. The van der Waals surface area contributed by atoms with Crippen molar-refractivity contribution in [2.45, 2.75) is 44.4 Å². The number of guanidine groups is 1. The molecule has 2 heterocycles. The first-order chi connectivity index (χ1) is 13.7. The van der Waals surface area contributed by atoms with E-state index in [0.717, 1.165) is 70.8 Å². The SMILES string of the molecule is CCNC(=NCC1(c2ccccc2)CCOCC1)N(C)CCC1CCOCC1.I. The van der Waals surface area contributed by atoms with Crippen molar-refractivity contribution in [3.05, 3.63) is 35.9 Å². The van der Waals surface area contributed by atoms with E-state index in [0.29, 0.717) is 0 Å². The third-order valence-corrected chi connectivity index (χ3v) is 6.28. The second-order valence-corrected chi connectivity index (χ2v) is 8.19. The molecule has 0 spiro atoms. The van der Waals surface area contributed by atoms with Gasteiger partial charge in [-0.05, 0) is 50.5 Å². The summed E-state index contributed by atoms with van der Waals surface area (Å²) >= 11 is 0. The van der Waals surface area contributed by atoms with Crippen LogP contribution in [0.15, 0.2) is 35.3 Å². The smallest absolute Gasteiger partial charge is 0.193 e. The van der Waals surface area contributed by atoms with Gasteiger partial charge in [0.05, 0.1) is 6.54 Å². The van der Waals surface area contributed by atoms with Crippen LogP contribution in [-0.2, 0) is 14.9 Å². The first-order valence-corrected chi connectivity index (χ1v) is 10.9. The topological polar surface area (TPSA) is 46.1 Å². The molecular formula is C23H38IN3O2. The van der Waals surface area contributed by atoms with Gasteiger partial charge in [0.1, 0.15) is 0 Å². The van der Waals surface area contributed by atoms with Gasteiger partial charge in [0.15, 0.2) is 5.96 Å². The number of nitrogens with zero attached hydrogens (tertiary/aromatic N) is 2. The quantitative estimate of drug-likeness (QED) is 0.338. The van der Waals surface area contributed by atoms with Gasteiger partial charge in [0.25, 0.3) is 0 Å². The van der Waals surface area contributed by atoms with Crippen LogP contribution in [0.1, 0.15) is 44.6 Å². The van der Waals surface area contributed by atoms with Gasteiger partial charge in [0, 0.05) is 52.0 Å². The number of benzene rings is 1. The second kappa shape index (κ2) is 12.7. The summed E-state index contributed by atoms with van der Waals surface area (Å²) in [5.74, 6) is 1.81. The molecule has 0 atom stereocenters. The fraction of sp³-hybridized carbons (Fsp3) is 0.696. The Hall–Kier alpha value is -0.860. The van der Waals surface area contributed by atoms with Crippen LogP contribution in [0.2, 0.25) is 0 Å². The third kappa shape index (κ3) is 7.10. The molecule has 29 heavy (non-hydrogen) atoms. The van der Waals surface area contributed by atoms with E-state index in [-0.39, 0.29) is 29.4 Å². The molecule has 164 valence electrons. The van der Waals surface area contributed by atoms with E-state index in [1.165, 1.54) is 24.8 Å². The minimum Gasteiger partial charge on any atom is -0.381 e. The summed E-state index contributed by atoms with van der Waals surface area (Å²) in [6.07, 6.45) is 5.66. The molecule has 0 radical (unpaired) electrons. The van der Waals surface area contributed by atoms with Crippen molar-refractivity contribution in [3.63, 3.8) is 0 Å². The van der Waals surface area contributed by atoms with Crippen LogP contribution < -0.4 is 5.32 Å². The Kier molecular flexibility index (Phi) is 10.7. The van der Waals surface area contributed by atoms with E-state index in [1.54, 1.807) is 0 Å². The molecule has 2 fully saturated rings. The normalized spacial score (nSPS) is 20.0. The molecule has 0 aliphatic carbocycles. The van der Waals surface area contributed by atoms with Crippen LogP contribution in [0, 0.1) is 5.92 Å². The van der Waals surface area contributed by atoms with Crippen molar-refractivity contribution in [1.29, 1.82) is 0 Å². The summed E-state index contributed by atoms with van der Waals surface area (Å²) in [7, 11) is 2.17. The fourth-order valence-corrected chi connectivity index (χ4v) is 4.31. The van der Waals surface area contributed by atoms with E-state index in [9.17, 15) is 0 Å². The molecule has 1 N–H and O–H groups in total. The van der Waals surface area contributed by atoms with Crippen molar-refractivity contribution >= 4 is 29.9 Å². The summed E-state index contributed by atoms with van der Waals surface area (Å²) in [6, 6.07) is 10.9. The Labute approximate surface area is 193 Å². The van der Waals surface area contributed by atoms with E-state index < -0.39 is 0 Å². The lowest BCUT2D eigenvalue weighted by Gasteiger charge is -2.37. The third-order valence-electron chi connectivity index (χ3n) is 6.28. The van der Waals surface area contributed by atoms with Crippen LogP contribution in [-0.4, -0.2) is 64.0 Å². The van der Waals surface area contributed by atoms with Gasteiger partial charge in [-0.2, -0.15) is 0 Å². The molecule has 0 unspecified atom stereocenters. The van der Waals surface area contributed by atoms with E-state index >= 15 is 0 Å². The standard InChI is InChI=1S/C23H37N3O2.HI/c1-3-24-22(26(2)14-9-20-10-15-27-16-11-20)25-19-23(12-17-28-18-13-23)21-7-5-4-6-8-21;/h4-8,20H,3,9-19H2,1-2H3,(H,24,25);1H. The maximum Gasteiger partial charge on any atom is 0.193 e. The van der Waals surface area contributed by atoms with Crippen LogP contribution in [0.4, 0.5) is 0 Å². The summed E-state index contributed by atoms with van der Waals surface area (Å²) in [4.78, 5) is 7.40. The van der Waals surface area contributed by atoms with Gasteiger partial charge in [0.2, 0.25) is 0 Å². The highest BCUT2D eigenvalue weighted by atomic mass is 127. The van der Waals surface area contributed by atoms with Gasteiger partial charge < -0.3 is 19.7 Å². The van der Waals surface area contributed by atoms with Crippen LogP contribution >= 0.6 is 24.0 Å². The number of aliphatic imine (C=N–C) groups is 1. The van der Waals surface area contributed by atoms with Gasteiger partial charge in [-0.1, -0.05) is 30.3 Å². The van der Waals surface area contributed by atoms with Gasteiger partial charge in [-0.3, -0.25) is 4.99 Å². The summed E-state index contributed by atoms with van der Waals surface area (Å²) in [6.45, 7) is 8.36. The van der Waals surface area contributed by atoms with Gasteiger partial charge >= 0.3 is 0 Å². The van der Waals surface area contributed by atoms with Crippen LogP contribution in [0.3, 0.4) is 0 Å². The molecule has 1 aromatic rings. The maximum absolute atomic E-state index is 5.67. The molecule has 2 aliphatic heterocycles. The lowest BCUT2D eigenvalue weighted by Crippen LogP contribution is -2.42. The van der Waals surface area contributed by atoms with Gasteiger partial charge in [-0.15, -0.1) is 24.0 Å². The minimum absolute atomic E-state index is 0. The zero-order valence-electron chi connectivity index (χ0n) is 18.1. The summed E-state index contributed by atoms with van der Waals surface area (Å²) in [5, 5.41) is 3.50. The van der Waals surface area contributed by atoms with Crippen LogP contribution in [0.5, 0.6) is 0 Å². The Bertz CT molecular complexity index is 599. The van der Waals surface area contributed by atoms with Crippen molar-refractivity contribution in [3.8, 4) is 0 Å². The Balaban J connectivity index is 0.00000300. The molecule has 0 bridgehead atoms. The molecule has 0 saturated carbocycles. The van der Waals surface area contributed by atoms with E-state index in [4.69, 9.17) is 14.5 Å². The molecule has 2 saturated heterocycles. The number of halogens is 1. The predicted octanol–water partition coefficient (Wildman–Crippen LogP) is 4.07. The number of ether oxygens (including phenoxy) is 2. The largest absolute Gasteiger partial charge is 0.381 e. The number of rotatable bonds is 7. The molecule has 5 nitrogen and oxygen atoms in total. The highest BCUT2D eigenvalue weighted by Crippen LogP contribution is 2.35. The summed E-state index contributed by atoms with van der Waals surface area (Å²) in [5.41, 5.74) is 1.48. The molecule has 1 aromatic carbocycles. The average molecular weight is 515 g/mol. The molecule has 2 aliphatic rings. The highest BCUT2D eigenvalue weighted by molar-refractivity contribution is 14.0. The van der Waals surface area contributed by atoms with Gasteiger partial charge in [-0.25, -0.2) is 0 Å². The summed E-state index contributed by atoms with van der Waals surface area (Å²) < 4.78 is 11.2. The van der Waals surface area contributed by atoms with Crippen molar-refractivity contribution in [1.82, 2.24) is 10.2 Å². The molecular weight excluding hydrogens is 477 g/mol. The molecule has 3 rings (SSSR count). The van der Waals surface area contributed by atoms with Crippen molar-refractivity contribution in [2.24, 2.45) is 10.9 Å². The monoisotopic (exact) mass is 515 g/mol. The Morgan fingerprint density at radius 2 is 1.76 bits per heavy atom. The second-order valence-electron chi connectivity index (χ2n) is 8.19. The minimum atomic E-state index is 0. The lowest BCUT2D eigenvalue weighted by atomic mass is 9.74. The first kappa shape index (κ1) is 24.4.